The first-order valence-corrected chi connectivity index (χ1v) is 15.2. The van der Waals surface area contributed by atoms with Crippen LogP contribution in [0, 0.1) is 11.7 Å². The number of benzene rings is 4. The number of nitrogens with zero attached hydrogens (tertiary/aromatic N) is 1. The van der Waals surface area contributed by atoms with E-state index < -0.39 is 42.9 Å². The molecule has 9 atom stereocenters. The Labute approximate surface area is 265 Å². The summed E-state index contributed by atoms with van der Waals surface area (Å²) in [5.41, 5.74) is 4.21. The molecule has 0 radical (unpaired) electrons. The highest BCUT2D eigenvalue weighted by Gasteiger charge is 2.49. The summed E-state index contributed by atoms with van der Waals surface area (Å²) >= 11 is 0. The van der Waals surface area contributed by atoms with E-state index in [0.29, 0.717) is 24.0 Å². The van der Waals surface area contributed by atoms with E-state index in [1.807, 2.05) is 60.7 Å². The van der Waals surface area contributed by atoms with Crippen molar-refractivity contribution in [2.24, 2.45) is 5.92 Å². The van der Waals surface area contributed by atoms with E-state index in [1.165, 1.54) is 12.1 Å². The molecule has 240 valence electrons. The summed E-state index contributed by atoms with van der Waals surface area (Å²) in [7, 11) is 0. The summed E-state index contributed by atoms with van der Waals surface area (Å²) in [5.74, 6) is -0.790. The molecule has 2 aliphatic rings. The van der Waals surface area contributed by atoms with Gasteiger partial charge in [-0.3, -0.25) is 4.79 Å². The average Bonchev–Trinajstić information content (AvgIpc) is 3.08. The number of β-lactam (4-membered cyclic amide) rings is 1. The molecule has 0 spiro atoms. The van der Waals surface area contributed by atoms with Crippen LogP contribution in [-0.2, 0) is 9.53 Å². The number of carbonyl (C=O) groups excluding carboxylic acids is 1. The summed E-state index contributed by atoms with van der Waals surface area (Å²) in [5, 5.41) is 61.8. The summed E-state index contributed by atoms with van der Waals surface area (Å²) < 4.78 is 18.6. The molecule has 10 heteroatoms. The summed E-state index contributed by atoms with van der Waals surface area (Å²) in [6, 6.07) is 29.4. The van der Waals surface area contributed by atoms with Gasteiger partial charge in [-0.05, 0) is 71.0 Å². The summed E-state index contributed by atoms with van der Waals surface area (Å²) in [4.78, 5) is 15.2. The Bertz CT molecular complexity index is 1640. The lowest BCUT2D eigenvalue weighted by atomic mass is 9.78. The lowest BCUT2D eigenvalue weighted by molar-refractivity contribution is -0.297. The molecule has 0 aliphatic carbocycles. The third kappa shape index (κ3) is 6.21. The minimum atomic E-state index is -1.77. The van der Waals surface area contributed by atoms with Crippen molar-refractivity contribution in [3.63, 3.8) is 0 Å². The molecule has 46 heavy (non-hydrogen) atoms. The monoisotopic (exact) mass is 629 g/mol. The average molecular weight is 630 g/mol. The van der Waals surface area contributed by atoms with Gasteiger partial charge >= 0.3 is 0 Å². The fourth-order valence-corrected chi connectivity index (χ4v) is 6.39. The molecule has 4 aromatic carbocycles. The predicted molar refractivity (Wildman–Crippen MR) is 166 cm³/mol. The third-order valence-corrected chi connectivity index (χ3v) is 9.00. The van der Waals surface area contributed by atoms with Gasteiger partial charge in [0, 0.05) is 5.69 Å². The van der Waals surface area contributed by atoms with Crippen LogP contribution >= 0.6 is 0 Å². The first-order chi connectivity index (χ1) is 22.1. The van der Waals surface area contributed by atoms with Crippen LogP contribution in [0.5, 0.6) is 0 Å². The van der Waals surface area contributed by atoms with Crippen molar-refractivity contribution in [3.8, 4) is 11.1 Å². The van der Waals surface area contributed by atoms with Gasteiger partial charge in [-0.2, -0.15) is 0 Å². The van der Waals surface area contributed by atoms with Gasteiger partial charge in [0.05, 0.1) is 18.1 Å². The van der Waals surface area contributed by atoms with E-state index in [1.54, 1.807) is 35.2 Å². The number of amides is 1. The van der Waals surface area contributed by atoms with Crippen molar-refractivity contribution >= 4 is 11.6 Å². The van der Waals surface area contributed by atoms with Crippen molar-refractivity contribution < 1.29 is 44.6 Å². The second kappa shape index (κ2) is 13.4. The predicted octanol–water partition coefficient (Wildman–Crippen LogP) is 3.54. The molecule has 1 amide bonds. The Morgan fingerprint density at radius 1 is 0.739 bits per heavy atom. The smallest absolute Gasteiger partial charge is 0.233 e. The maximum Gasteiger partial charge on any atom is 0.233 e. The van der Waals surface area contributed by atoms with Crippen LogP contribution in [0.15, 0.2) is 103 Å². The Hall–Kier alpha value is -4.00. The minimum absolute atomic E-state index is 0.0388. The van der Waals surface area contributed by atoms with Crippen molar-refractivity contribution in [2.45, 2.75) is 61.8 Å². The second-order valence-electron chi connectivity index (χ2n) is 11.9. The van der Waals surface area contributed by atoms with Crippen molar-refractivity contribution in [2.75, 3.05) is 4.90 Å². The van der Waals surface area contributed by atoms with E-state index in [-0.39, 0.29) is 23.7 Å². The molecule has 0 aromatic heterocycles. The Morgan fingerprint density at radius 3 is 2.13 bits per heavy atom. The fourth-order valence-electron chi connectivity index (χ4n) is 6.39. The number of hydrogen-bond donors (Lipinski definition) is 6. The van der Waals surface area contributed by atoms with E-state index in [2.05, 4.69) is 0 Å². The minimum Gasteiger partial charge on any atom is -0.388 e. The Balaban J connectivity index is 1.21. The zero-order chi connectivity index (χ0) is 32.5. The zero-order valence-corrected chi connectivity index (χ0v) is 24.8. The van der Waals surface area contributed by atoms with Gasteiger partial charge in [0.25, 0.3) is 0 Å². The highest BCUT2D eigenvalue weighted by atomic mass is 19.1. The number of anilines is 1. The first kappa shape index (κ1) is 32.0. The van der Waals surface area contributed by atoms with Gasteiger partial charge in [-0.1, -0.05) is 72.8 Å². The maximum absolute atomic E-state index is 13.4. The highest BCUT2D eigenvalue weighted by Crippen LogP contribution is 2.46. The van der Waals surface area contributed by atoms with Crippen LogP contribution in [0.2, 0.25) is 0 Å². The van der Waals surface area contributed by atoms with Crippen LogP contribution in [-0.4, -0.2) is 67.3 Å². The van der Waals surface area contributed by atoms with Gasteiger partial charge in [-0.15, -0.1) is 0 Å². The Morgan fingerprint density at radius 2 is 1.43 bits per heavy atom. The summed E-state index contributed by atoms with van der Waals surface area (Å²) in [6.07, 6.45) is -9.63. The molecule has 6 rings (SSSR count). The molecule has 0 saturated carbocycles. The molecule has 6 N–H and O–H groups in total. The zero-order valence-electron chi connectivity index (χ0n) is 24.8. The van der Waals surface area contributed by atoms with E-state index in [4.69, 9.17) is 4.74 Å². The number of halogens is 1. The van der Waals surface area contributed by atoms with Crippen LogP contribution in [0.1, 0.15) is 47.8 Å². The molecule has 2 aliphatic heterocycles. The maximum atomic E-state index is 13.4. The van der Waals surface area contributed by atoms with Crippen molar-refractivity contribution in [1.29, 1.82) is 0 Å². The number of ether oxygens (including phenoxy) is 1. The normalized spacial score (nSPS) is 27.6. The number of aliphatic hydroxyl groups is 6. The first-order valence-electron chi connectivity index (χ1n) is 15.2. The van der Waals surface area contributed by atoms with Gasteiger partial charge in [0.1, 0.15) is 36.3 Å². The van der Waals surface area contributed by atoms with Gasteiger partial charge in [0.2, 0.25) is 5.91 Å². The van der Waals surface area contributed by atoms with Crippen LogP contribution in [0.25, 0.3) is 11.1 Å². The quantitative estimate of drug-likeness (QED) is 0.154. The second-order valence-corrected chi connectivity index (χ2v) is 11.9. The standard InChI is InChI=1S/C36H36FNO8/c37-25-15-13-21(14-16-25)28(39)18-17-27-29(38(35(27)44)26-7-2-1-3-8-26)22-11-9-20(10-12-22)23-5-4-6-24(19-23)30(40)34-32(42)31(41)33(43)36(45)46-34/h1-16,19,27-34,36,39-43,45H,17-18H2/t27-,28+,29-,30-,31+,32+,33-,34?,36?/m1/s1. The molecule has 2 unspecified atom stereocenters. The number of hydrogen-bond acceptors (Lipinski definition) is 8. The van der Waals surface area contributed by atoms with Crippen molar-refractivity contribution in [1.82, 2.24) is 0 Å². The Kier molecular flexibility index (Phi) is 9.30. The van der Waals surface area contributed by atoms with Crippen LogP contribution < -0.4 is 4.90 Å². The topological polar surface area (TPSA) is 151 Å². The molecule has 2 fully saturated rings. The molecule has 4 aromatic rings. The molecule has 2 saturated heterocycles. The van der Waals surface area contributed by atoms with Gasteiger partial charge in [-0.25, -0.2) is 4.39 Å². The lowest BCUT2D eigenvalue weighted by Gasteiger charge is -2.48. The largest absolute Gasteiger partial charge is 0.388 e. The van der Waals surface area contributed by atoms with Crippen LogP contribution in [0.4, 0.5) is 10.1 Å². The number of carbonyl (C=O) groups is 1. The van der Waals surface area contributed by atoms with Crippen LogP contribution in [0.3, 0.4) is 0 Å². The fraction of sp³-hybridized carbons (Fsp3) is 0.306. The SMILES string of the molecule is O=C1[C@H](CC[C@H](O)c2ccc(F)cc2)[C@@H](c2ccc(-c3cccc([C@@H](O)C4OC(O)[C@H](O)[C@@H](O)[C@@H]4O)c3)cc2)N1c1ccccc1. The van der Waals surface area contributed by atoms with E-state index >= 15 is 0 Å². The van der Waals surface area contributed by atoms with E-state index in [0.717, 1.165) is 22.4 Å². The van der Waals surface area contributed by atoms with E-state index in [9.17, 15) is 39.8 Å². The molecular formula is C36H36FNO8. The molecule has 0 bridgehead atoms. The molecule has 2 heterocycles. The summed E-state index contributed by atoms with van der Waals surface area (Å²) in [6.45, 7) is 0. The number of aliphatic hydroxyl groups excluding tert-OH is 6. The highest BCUT2D eigenvalue weighted by molar-refractivity contribution is 6.03. The number of para-hydroxylation sites is 1. The third-order valence-electron chi connectivity index (χ3n) is 9.00. The van der Waals surface area contributed by atoms with Crippen molar-refractivity contribution in [3.05, 3.63) is 126 Å². The van der Waals surface area contributed by atoms with Gasteiger partial charge < -0.3 is 40.3 Å². The lowest BCUT2D eigenvalue weighted by Crippen LogP contribution is -2.58. The molecule has 9 nitrogen and oxygen atoms in total. The molecular weight excluding hydrogens is 593 g/mol. The number of rotatable bonds is 9. The van der Waals surface area contributed by atoms with Gasteiger partial charge in [0.15, 0.2) is 6.29 Å².